The molecular formula is C14H21NO3. The van der Waals surface area contributed by atoms with E-state index < -0.39 is 5.54 Å². The lowest BCUT2D eigenvalue weighted by atomic mass is 9.97. The van der Waals surface area contributed by atoms with Crippen molar-refractivity contribution in [3.63, 3.8) is 0 Å². The summed E-state index contributed by atoms with van der Waals surface area (Å²) in [5, 5.41) is 9.38. The molecule has 18 heavy (non-hydrogen) atoms. The second-order valence-electron chi connectivity index (χ2n) is 4.86. The van der Waals surface area contributed by atoms with Gasteiger partial charge in [0.25, 0.3) is 0 Å². The molecule has 1 atom stereocenters. The van der Waals surface area contributed by atoms with Crippen LogP contribution in [-0.2, 0) is 0 Å². The molecule has 2 rings (SSSR count). The van der Waals surface area contributed by atoms with Crippen molar-refractivity contribution in [2.45, 2.75) is 25.3 Å². The van der Waals surface area contributed by atoms with E-state index in [4.69, 9.17) is 15.2 Å². The summed E-state index contributed by atoms with van der Waals surface area (Å²) in [6, 6.07) is 7.48. The minimum atomic E-state index is -0.610. The first kappa shape index (κ1) is 13.2. The molecule has 1 aliphatic rings. The number of aliphatic hydroxyl groups excluding tert-OH is 1. The lowest BCUT2D eigenvalue weighted by Gasteiger charge is -2.27. The predicted molar refractivity (Wildman–Crippen MR) is 69.8 cm³/mol. The molecule has 0 bridgehead atoms. The largest absolute Gasteiger partial charge is 0.494 e. The third-order valence-electron chi connectivity index (χ3n) is 3.31. The van der Waals surface area contributed by atoms with E-state index in [1.54, 1.807) is 0 Å². The van der Waals surface area contributed by atoms with Crippen molar-refractivity contribution in [3.8, 4) is 11.5 Å². The summed E-state index contributed by atoms with van der Waals surface area (Å²) >= 11 is 0. The Kier molecular flexibility index (Phi) is 4.09. The zero-order chi connectivity index (χ0) is 13.0. The number of hydrogen-bond acceptors (Lipinski definition) is 4. The zero-order valence-corrected chi connectivity index (χ0v) is 10.8. The van der Waals surface area contributed by atoms with Crippen LogP contribution >= 0.6 is 0 Å². The van der Waals surface area contributed by atoms with Crippen LogP contribution in [0.5, 0.6) is 11.5 Å². The Hall–Kier alpha value is -1.26. The normalized spacial score (nSPS) is 18.2. The molecule has 0 aliphatic heterocycles. The van der Waals surface area contributed by atoms with Crippen molar-refractivity contribution < 1.29 is 14.6 Å². The SMILES string of the molecule is CCOc1cccc(OCC(N)(CO)C2CC2)c1. The highest BCUT2D eigenvalue weighted by Gasteiger charge is 2.42. The number of aliphatic hydroxyl groups is 1. The van der Waals surface area contributed by atoms with E-state index in [1.165, 1.54) is 0 Å². The number of ether oxygens (including phenoxy) is 2. The second kappa shape index (κ2) is 5.59. The molecule has 1 aromatic carbocycles. The quantitative estimate of drug-likeness (QED) is 0.772. The van der Waals surface area contributed by atoms with Gasteiger partial charge in [-0.05, 0) is 37.8 Å². The molecule has 100 valence electrons. The first-order chi connectivity index (χ1) is 8.68. The molecule has 1 fully saturated rings. The van der Waals surface area contributed by atoms with E-state index >= 15 is 0 Å². The van der Waals surface area contributed by atoms with Gasteiger partial charge in [-0.1, -0.05) is 6.07 Å². The molecule has 1 aromatic rings. The van der Waals surface area contributed by atoms with E-state index in [0.29, 0.717) is 19.1 Å². The molecule has 0 amide bonds. The highest BCUT2D eigenvalue weighted by Crippen LogP contribution is 2.38. The third-order valence-corrected chi connectivity index (χ3v) is 3.31. The lowest BCUT2D eigenvalue weighted by molar-refractivity contribution is 0.116. The van der Waals surface area contributed by atoms with Crippen molar-refractivity contribution in [1.29, 1.82) is 0 Å². The Morgan fingerprint density at radius 1 is 1.33 bits per heavy atom. The van der Waals surface area contributed by atoms with Crippen LogP contribution in [0.1, 0.15) is 19.8 Å². The standard InChI is InChI=1S/C14H21NO3/c1-2-17-12-4-3-5-13(8-12)18-10-14(15,9-16)11-6-7-11/h3-5,8,11,16H,2,6-7,9-10,15H2,1H3. The van der Waals surface area contributed by atoms with Gasteiger partial charge in [0, 0.05) is 6.07 Å². The summed E-state index contributed by atoms with van der Waals surface area (Å²) in [5.41, 5.74) is 5.53. The number of hydrogen-bond donors (Lipinski definition) is 2. The van der Waals surface area contributed by atoms with Gasteiger partial charge < -0.3 is 20.3 Å². The van der Waals surface area contributed by atoms with Gasteiger partial charge in [0.1, 0.15) is 18.1 Å². The van der Waals surface area contributed by atoms with Crippen molar-refractivity contribution >= 4 is 0 Å². The average molecular weight is 251 g/mol. The summed E-state index contributed by atoms with van der Waals surface area (Å²) < 4.78 is 11.1. The summed E-state index contributed by atoms with van der Waals surface area (Å²) in [5.74, 6) is 1.90. The van der Waals surface area contributed by atoms with Crippen molar-refractivity contribution in [2.75, 3.05) is 19.8 Å². The Labute approximate surface area is 108 Å². The second-order valence-corrected chi connectivity index (χ2v) is 4.86. The van der Waals surface area contributed by atoms with Crippen LogP contribution in [0.15, 0.2) is 24.3 Å². The van der Waals surface area contributed by atoms with Crippen LogP contribution in [0.4, 0.5) is 0 Å². The maximum atomic E-state index is 9.38. The molecule has 0 saturated heterocycles. The first-order valence-corrected chi connectivity index (χ1v) is 6.43. The fourth-order valence-corrected chi connectivity index (χ4v) is 1.99. The van der Waals surface area contributed by atoms with Crippen molar-refractivity contribution in [2.24, 2.45) is 11.7 Å². The van der Waals surface area contributed by atoms with Gasteiger partial charge in [-0.2, -0.15) is 0 Å². The maximum Gasteiger partial charge on any atom is 0.123 e. The Morgan fingerprint density at radius 3 is 2.56 bits per heavy atom. The van der Waals surface area contributed by atoms with Crippen LogP contribution in [0.3, 0.4) is 0 Å². The number of benzene rings is 1. The average Bonchev–Trinajstić information content (AvgIpc) is 3.22. The first-order valence-electron chi connectivity index (χ1n) is 6.43. The maximum absolute atomic E-state index is 9.38. The van der Waals surface area contributed by atoms with Crippen LogP contribution in [-0.4, -0.2) is 30.5 Å². The number of rotatable bonds is 7. The monoisotopic (exact) mass is 251 g/mol. The van der Waals surface area contributed by atoms with E-state index in [-0.39, 0.29) is 6.61 Å². The van der Waals surface area contributed by atoms with Gasteiger partial charge >= 0.3 is 0 Å². The van der Waals surface area contributed by atoms with Gasteiger partial charge in [-0.15, -0.1) is 0 Å². The predicted octanol–water partition coefficient (Wildman–Crippen LogP) is 1.56. The molecule has 3 N–H and O–H groups in total. The third kappa shape index (κ3) is 3.15. The summed E-state index contributed by atoms with van der Waals surface area (Å²) in [6.45, 7) is 2.87. The van der Waals surface area contributed by atoms with Gasteiger partial charge in [0.2, 0.25) is 0 Å². The van der Waals surface area contributed by atoms with Crippen molar-refractivity contribution in [3.05, 3.63) is 24.3 Å². The smallest absolute Gasteiger partial charge is 0.123 e. The molecule has 4 nitrogen and oxygen atoms in total. The lowest BCUT2D eigenvalue weighted by Crippen LogP contribution is -2.51. The van der Waals surface area contributed by atoms with E-state index in [2.05, 4.69) is 0 Å². The minimum Gasteiger partial charge on any atom is -0.494 e. The van der Waals surface area contributed by atoms with Crippen LogP contribution in [0, 0.1) is 5.92 Å². The Balaban J connectivity index is 1.94. The topological polar surface area (TPSA) is 64.7 Å². The molecule has 1 unspecified atom stereocenters. The Morgan fingerprint density at radius 2 is 2.00 bits per heavy atom. The van der Waals surface area contributed by atoms with Crippen LogP contribution in [0.2, 0.25) is 0 Å². The molecule has 0 radical (unpaired) electrons. The summed E-state index contributed by atoms with van der Waals surface area (Å²) in [4.78, 5) is 0. The van der Waals surface area contributed by atoms with Crippen molar-refractivity contribution in [1.82, 2.24) is 0 Å². The highest BCUT2D eigenvalue weighted by molar-refractivity contribution is 5.33. The van der Waals surface area contributed by atoms with Crippen LogP contribution in [0.25, 0.3) is 0 Å². The van der Waals surface area contributed by atoms with E-state index in [9.17, 15) is 5.11 Å². The molecule has 0 heterocycles. The molecule has 0 aromatic heterocycles. The zero-order valence-electron chi connectivity index (χ0n) is 10.8. The highest BCUT2D eigenvalue weighted by atomic mass is 16.5. The van der Waals surface area contributed by atoms with Gasteiger partial charge in [-0.3, -0.25) is 0 Å². The van der Waals surface area contributed by atoms with Gasteiger partial charge in [-0.25, -0.2) is 0 Å². The fraction of sp³-hybridized carbons (Fsp3) is 0.571. The molecule has 1 aliphatic carbocycles. The van der Waals surface area contributed by atoms with Crippen LogP contribution < -0.4 is 15.2 Å². The minimum absolute atomic E-state index is 0.0389. The van der Waals surface area contributed by atoms with E-state index in [0.717, 1.165) is 24.3 Å². The summed E-state index contributed by atoms with van der Waals surface area (Å²) in [6.07, 6.45) is 2.17. The molecule has 4 heteroatoms. The van der Waals surface area contributed by atoms with Gasteiger partial charge in [0.15, 0.2) is 0 Å². The molecular weight excluding hydrogens is 230 g/mol. The van der Waals surface area contributed by atoms with E-state index in [1.807, 2.05) is 31.2 Å². The molecule has 1 saturated carbocycles. The summed E-state index contributed by atoms with van der Waals surface area (Å²) in [7, 11) is 0. The number of nitrogens with two attached hydrogens (primary N) is 1. The Bertz CT molecular complexity index is 392. The van der Waals surface area contributed by atoms with Gasteiger partial charge in [0.05, 0.1) is 18.8 Å². The molecule has 0 spiro atoms. The fourth-order valence-electron chi connectivity index (χ4n) is 1.99.